The van der Waals surface area contributed by atoms with Crippen LogP contribution in [0.15, 0.2) is 53.5 Å². The highest BCUT2D eigenvalue weighted by molar-refractivity contribution is 5.78. The van der Waals surface area contributed by atoms with E-state index in [1.165, 1.54) is 5.56 Å². The smallest absolute Gasteiger partial charge is 0.287 e. The van der Waals surface area contributed by atoms with Gasteiger partial charge in [-0.05, 0) is 23.3 Å². The molecule has 0 aliphatic carbocycles. The molecule has 1 aliphatic rings. The first-order valence-corrected chi connectivity index (χ1v) is 6.14. The molecule has 1 aliphatic heterocycles. The molecule has 0 bridgehead atoms. The van der Waals surface area contributed by atoms with Crippen molar-refractivity contribution in [3.8, 4) is 0 Å². The summed E-state index contributed by atoms with van der Waals surface area (Å²) in [4.78, 5) is 4.15. The van der Waals surface area contributed by atoms with Crippen LogP contribution in [-0.2, 0) is 11.3 Å². The lowest BCUT2D eigenvalue weighted by atomic mass is 10.1. The highest BCUT2D eigenvalue weighted by Gasteiger charge is 2.10. The molecule has 3 rings (SSSR count). The molecular weight excluding hydrogens is 236 g/mol. The van der Waals surface area contributed by atoms with Crippen LogP contribution in [0.5, 0.6) is 0 Å². The van der Waals surface area contributed by atoms with Crippen LogP contribution in [0.2, 0.25) is 0 Å². The van der Waals surface area contributed by atoms with E-state index in [9.17, 15) is 0 Å². The standard InChI is InChI=1S/C16H14N2O/c17-16-18-15-9-8-13(10-14(15)11-19-16)7-6-12-4-2-1-3-5-12/h1-10H,11H2,(H2,17,18)/b7-6+. The van der Waals surface area contributed by atoms with Gasteiger partial charge in [0.2, 0.25) is 0 Å². The molecule has 3 heteroatoms. The summed E-state index contributed by atoms with van der Waals surface area (Å²) >= 11 is 0. The summed E-state index contributed by atoms with van der Waals surface area (Å²) in [7, 11) is 0. The van der Waals surface area contributed by atoms with Crippen LogP contribution >= 0.6 is 0 Å². The molecule has 3 nitrogen and oxygen atoms in total. The van der Waals surface area contributed by atoms with Crippen LogP contribution in [-0.4, -0.2) is 6.02 Å². The van der Waals surface area contributed by atoms with Crippen molar-refractivity contribution >= 4 is 23.9 Å². The van der Waals surface area contributed by atoms with E-state index in [2.05, 4.69) is 35.3 Å². The van der Waals surface area contributed by atoms with Gasteiger partial charge in [-0.2, -0.15) is 4.99 Å². The first kappa shape index (κ1) is 11.5. The molecule has 2 aromatic rings. The average molecular weight is 250 g/mol. The predicted octanol–water partition coefficient (Wildman–Crippen LogP) is 3.33. The number of fused-ring (bicyclic) bond motifs is 1. The van der Waals surface area contributed by atoms with E-state index in [1.54, 1.807) is 0 Å². The zero-order valence-electron chi connectivity index (χ0n) is 10.4. The number of nitrogens with zero attached hydrogens (tertiary/aromatic N) is 1. The zero-order valence-corrected chi connectivity index (χ0v) is 10.4. The van der Waals surface area contributed by atoms with Crippen molar-refractivity contribution in [1.82, 2.24) is 0 Å². The van der Waals surface area contributed by atoms with E-state index in [0.29, 0.717) is 6.61 Å². The molecule has 0 spiro atoms. The molecule has 1 heterocycles. The maximum absolute atomic E-state index is 5.54. The Balaban J connectivity index is 1.86. The Hall–Kier alpha value is -2.55. The molecule has 2 N–H and O–H groups in total. The van der Waals surface area contributed by atoms with Gasteiger partial charge in [0.1, 0.15) is 6.61 Å². The van der Waals surface area contributed by atoms with E-state index in [-0.39, 0.29) is 6.02 Å². The van der Waals surface area contributed by atoms with E-state index in [4.69, 9.17) is 10.5 Å². The van der Waals surface area contributed by atoms with Gasteiger partial charge in [0.05, 0.1) is 5.69 Å². The number of amidine groups is 1. The van der Waals surface area contributed by atoms with Crippen LogP contribution in [0.4, 0.5) is 5.69 Å². The molecule has 2 aromatic carbocycles. The van der Waals surface area contributed by atoms with Gasteiger partial charge in [-0.3, -0.25) is 0 Å². The molecule has 0 amide bonds. The van der Waals surface area contributed by atoms with Gasteiger partial charge in [-0.15, -0.1) is 0 Å². The molecule has 0 saturated carbocycles. The van der Waals surface area contributed by atoms with Gasteiger partial charge in [-0.1, -0.05) is 48.6 Å². The summed E-state index contributed by atoms with van der Waals surface area (Å²) in [5, 5.41) is 0. The largest absolute Gasteiger partial charge is 0.460 e. The second-order valence-corrected chi connectivity index (χ2v) is 4.37. The van der Waals surface area contributed by atoms with Gasteiger partial charge < -0.3 is 10.5 Å². The third-order valence-electron chi connectivity index (χ3n) is 2.98. The molecule has 0 unspecified atom stereocenters. The van der Waals surface area contributed by atoms with Gasteiger partial charge in [0, 0.05) is 5.56 Å². The van der Waals surface area contributed by atoms with Crippen molar-refractivity contribution in [2.45, 2.75) is 6.61 Å². The summed E-state index contributed by atoms with van der Waals surface area (Å²) < 4.78 is 5.23. The van der Waals surface area contributed by atoms with Crippen molar-refractivity contribution in [1.29, 1.82) is 0 Å². The molecular formula is C16H14N2O. The normalized spacial score (nSPS) is 13.8. The second kappa shape index (κ2) is 4.98. The van der Waals surface area contributed by atoms with Crippen molar-refractivity contribution in [3.63, 3.8) is 0 Å². The second-order valence-electron chi connectivity index (χ2n) is 4.37. The Labute approximate surface area is 112 Å². The van der Waals surface area contributed by atoms with Crippen molar-refractivity contribution in [2.24, 2.45) is 10.7 Å². The van der Waals surface area contributed by atoms with E-state index in [0.717, 1.165) is 16.8 Å². The summed E-state index contributed by atoms with van der Waals surface area (Å²) in [5.41, 5.74) is 9.79. The summed E-state index contributed by atoms with van der Waals surface area (Å²) in [5.74, 6) is 0. The number of hydrogen-bond acceptors (Lipinski definition) is 3. The predicted molar refractivity (Wildman–Crippen MR) is 77.9 cm³/mol. The summed E-state index contributed by atoms with van der Waals surface area (Å²) in [6.07, 6.45) is 4.17. The molecule has 0 atom stereocenters. The minimum atomic E-state index is 0.236. The van der Waals surface area contributed by atoms with Gasteiger partial charge >= 0.3 is 0 Å². The lowest BCUT2D eigenvalue weighted by molar-refractivity contribution is 0.282. The minimum absolute atomic E-state index is 0.236. The average Bonchev–Trinajstić information content (AvgIpc) is 2.46. The highest BCUT2D eigenvalue weighted by atomic mass is 16.5. The Morgan fingerprint density at radius 2 is 1.79 bits per heavy atom. The maximum Gasteiger partial charge on any atom is 0.287 e. The lowest BCUT2D eigenvalue weighted by Crippen LogP contribution is -2.18. The molecule has 0 radical (unpaired) electrons. The lowest BCUT2D eigenvalue weighted by Gasteiger charge is -2.14. The zero-order chi connectivity index (χ0) is 13.1. The van der Waals surface area contributed by atoms with E-state index >= 15 is 0 Å². The van der Waals surface area contributed by atoms with Gasteiger partial charge in [-0.25, -0.2) is 0 Å². The first-order valence-electron chi connectivity index (χ1n) is 6.14. The van der Waals surface area contributed by atoms with Crippen LogP contribution in [0, 0.1) is 0 Å². The van der Waals surface area contributed by atoms with Gasteiger partial charge in [0.15, 0.2) is 0 Å². The van der Waals surface area contributed by atoms with Crippen LogP contribution < -0.4 is 5.73 Å². The fourth-order valence-electron chi connectivity index (χ4n) is 1.99. The van der Waals surface area contributed by atoms with Gasteiger partial charge in [0.25, 0.3) is 6.02 Å². The Morgan fingerprint density at radius 3 is 2.63 bits per heavy atom. The molecule has 19 heavy (non-hydrogen) atoms. The number of hydrogen-bond donors (Lipinski definition) is 1. The van der Waals surface area contributed by atoms with Crippen LogP contribution in [0.1, 0.15) is 16.7 Å². The SMILES string of the molecule is NC1=Nc2ccc(/C=C/c3ccccc3)cc2CO1. The number of benzene rings is 2. The van der Waals surface area contributed by atoms with E-state index in [1.807, 2.05) is 30.3 Å². The summed E-state index contributed by atoms with van der Waals surface area (Å²) in [6, 6.07) is 16.5. The molecule has 94 valence electrons. The molecule has 0 saturated heterocycles. The van der Waals surface area contributed by atoms with Crippen molar-refractivity contribution < 1.29 is 4.74 Å². The minimum Gasteiger partial charge on any atom is -0.460 e. The quantitative estimate of drug-likeness (QED) is 0.831. The van der Waals surface area contributed by atoms with Crippen LogP contribution in [0.3, 0.4) is 0 Å². The first-order chi connectivity index (χ1) is 9.31. The fourth-order valence-corrected chi connectivity index (χ4v) is 1.99. The molecule has 0 aromatic heterocycles. The van der Waals surface area contributed by atoms with Crippen LogP contribution in [0.25, 0.3) is 12.2 Å². The maximum atomic E-state index is 5.54. The van der Waals surface area contributed by atoms with Crippen molar-refractivity contribution in [2.75, 3.05) is 0 Å². The van der Waals surface area contributed by atoms with Crippen molar-refractivity contribution in [3.05, 3.63) is 65.2 Å². The monoisotopic (exact) mass is 250 g/mol. The Kier molecular flexibility index (Phi) is 3.02. The van der Waals surface area contributed by atoms with E-state index < -0.39 is 0 Å². The fraction of sp³-hybridized carbons (Fsp3) is 0.0625. The third-order valence-corrected chi connectivity index (χ3v) is 2.98. The number of nitrogens with two attached hydrogens (primary N) is 1. The topological polar surface area (TPSA) is 47.6 Å². The number of ether oxygens (including phenoxy) is 1. The summed E-state index contributed by atoms with van der Waals surface area (Å²) in [6.45, 7) is 0.484. The third kappa shape index (κ3) is 2.65. The Morgan fingerprint density at radius 1 is 1.00 bits per heavy atom. The molecule has 0 fully saturated rings. The Bertz CT molecular complexity index is 645. The number of aliphatic imine (C=N–C) groups is 1. The number of rotatable bonds is 2. The highest BCUT2D eigenvalue weighted by Crippen LogP contribution is 2.25.